The van der Waals surface area contributed by atoms with Gasteiger partial charge in [-0.05, 0) is 38.1 Å². The number of fused-ring (bicyclic) bond motifs is 1. The van der Waals surface area contributed by atoms with Gasteiger partial charge in [0, 0.05) is 19.0 Å². The van der Waals surface area contributed by atoms with Crippen molar-refractivity contribution in [2.45, 2.75) is 26.7 Å². The molecule has 0 atom stereocenters. The van der Waals surface area contributed by atoms with Gasteiger partial charge in [0.15, 0.2) is 5.13 Å². The Balaban J connectivity index is 1.82. The number of amides is 1. The van der Waals surface area contributed by atoms with E-state index in [2.05, 4.69) is 29.8 Å². The van der Waals surface area contributed by atoms with Crippen molar-refractivity contribution in [2.24, 2.45) is 5.92 Å². The first-order chi connectivity index (χ1) is 10.7. The maximum absolute atomic E-state index is 12.6. The van der Waals surface area contributed by atoms with Crippen LogP contribution in [0.5, 0.6) is 0 Å². The van der Waals surface area contributed by atoms with Gasteiger partial charge < -0.3 is 4.90 Å². The van der Waals surface area contributed by atoms with Gasteiger partial charge in [-0.25, -0.2) is 4.98 Å². The summed E-state index contributed by atoms with van der Waals surface area (Å²) in [5.74, 6) is 0.481. The predicted octanol–water partition coefficient (Wildman–Crippen LogP) is 3.38. The third-order valence-corrected chi connectivity index (χ3v) is 5.30. The van der Waals surface area contributed by atoms with E-state index in [-0.39, 0.29) is 11.8 Å². The van der Waals surface area contributed by atoms with Crippen molar-refractivity contribution >= 4 is 32.6 Å². The number of thiazole rings is 1. The molecule has 118 valence electrons. The summed E-state index contributed by atoms with van der Waals surface area (Å²) in [6.45, 7) is 7.99. The van der Waals surface area contributed by atoms with E-state index in [1.807, 2.05) is 23.1 Å². The molecule has 1 aliphatic carbocycles. The van der Waals surface area contributed by atoms with Gasteiger partial charge >= 0.3 is 0 Å². The minimum atomic E-state index is 0.226. The van der Waals surface area contributed by atoms with Crippen molar-refractivity contribution in [2.75, 3.05) is 31.1 Å². The number of likely N-dealkylation sites (N-methyl/N-ethyl adjacent to an activating group) is 1. The number of hydrogen-bond acceptors (Lipinski definition) is 4. The molecule has 3 rings (SSSR count). The molecule has 1 aromatic heterocycles. The quantitative estimate of drug-likeness (QED) is 0.785. The van der Waals surface area contributed by atoms with Crippen LogP contribution in [0.15, 0.2) is 24.3 Å². The minimum absolute atomic E-state index is 0.226. The molecular formula is C17H23N3OS. The monoisotopic (exact) mass is 317 g/mol. The van der Waals surface area contributed by atoms with Gasteiger partial charge in [-0.2, -0.15) is 0 Å². The lowest BCUT2D eigenvalue weighted by molar-refractivity contribution is -0.119. The number of carbonyl (C=O) groups excluding carboxylic acids is 1. The lowest BCUT2D eigenvalue weighted by Crippen LogP contribution is -2.39. The van der Waals surface area contributed by atoms with Crippen molar-refractivity contribution in [3.8, 4) is 0 Å². The second kappa shape index (κ2) is 6.75. The molecule has 0 saturated heterocycles. The van der Waals surface area contributed by atoms with E-state index < -0.39 is 0 Å². The first-order valence-corrected chi connectivity index (χ1v) is 8.93. The summed E-state index contributed by atoms with van der Waals surface area (Å²) in [6, 6.07) is 8.10. The molecule has 0 radical (unpaired) electrons. The summed E-state index contributed by atoms with van der Waals surface area (Å²) in [6.07, 6.45) is 2.07. The van der Waals surface area contributed by atoms with Crippen LogP contribution in [0, 0.1) is 5.92 Å². The van der Waals surface area contributed by atoms with Crippen LogP contribution in [0.3, 0.4) is 0 Å². The van der Waals surface area contributed by atoms with Gasteiger partial charge in [0.1, 0.15) is 0 Å². The molecule has 0 bridgehead atoms. The highest BCUT2D eigenvalue weighted by atomic mass is 32.1. The number of hydrogen-bond donors (Lipinski definition) is 0. The Labute approximate surface area is 135 Å². The number of aromatic nitrogens is 1. The van der Waals surface area contributed by atoms with Crippen LogP contribution in [-0.2, 0) is 4.79 Å². The van der Waals surface area contributed by atoms with E-state index in [1.54, 1.807) is 11.3 Å². The zero-order chi connectivity index (χ0) is 15.5. The van der Waals surface area contributed by atoms with Crippen LogP contribution in [0.2, 0.25) is 0 Å². The number of nitrogens with zero attached hydrogens (tertiary/aromatic N) is 3. The molecule has 1 heterocycles. The molecule has 1 fully saturated rings. The van der Waals surface area contributed by atoms with Crippen LogP contribution in [0.25, 0.3) is 10.2 Å². The molecule has 22 heavy (non-hydrogen) atoms. The summed E-state index contributed by atoms with van der Waals surface area (Å²) in [5, 5.41) is 0.852. The first-order valence-electron chi connectivity index (χ1n) is 8.12. The normalized spacial score (nSPS) is 14.7. The minimum Gasteiger partial charge on any atom is -0.302 e. The summed E-state index contributed by atoms with van der Waals surface area (Å²) >= 11 is 1.62. The Morgan fingerprint density at radius 3 is 2.59 bits per heavy atom. The van der Waals surface area contributed by atoms with Crippen molar-refractivity contribution in [1.29, 1.82) is 0 Å². The smallest absolute Gasteiger partial charge is 0.231 e. The van der Waals surface area contributed by atoms with Gasteiger partial charge in [-0.3, -0.25) is 9.69 Å². The van der Waals surface area contributed by atoms with E-state index in [4.69, 9.17) is 0 Å². The maximum atomic E-state index is 12.6. The molecule has 1 aromatic carbocycles. The average molecular weight is 317 g/mol. The van der Waals surface area contributed by atoms with Gasteiger partial charge in [0.05, 0.1) is 10.2 Å². The second-order valence-electron chi connectivity index (χ2n) is 5.76. The number of benzene rings is 1. The molecule has 2 aromatic rings. The molecule has 0 unspecified atom stereocenters. The molecule has 5 heteroatoms. The Morgan fingerprint density at radius 1 is 1.23 bits per heavy atom. The lowest BCUT2D eigenvalue weighted by atomic mass is 10.3. The zero-order valence-corrected chi connectivity index (χ0v) is 14.1. The van der Waals surface area contributed by atoms with E-state index in [9.17, 15) is 4.79 Å². The Hall–Kier alpha value is -1.46. The van der Waals surface area contributed by atoms with Gasteiger partial charge in [0.2, 0.25) is 5.91 Å². The third-order valence-electron chi connectivity index (χ3n) is 4.24. The zero-order valence-electron chi connectivity index (χ0n) is 13.3. The molecule has 0 N–H and O–H groups in total. The highest BCUT2D eigenvalue weighted by Gasteiger charge is 2.35. The van der Waals surface area contributed by atoms with Crippen LogP contribution in [0.4, 0.5) is 5.13 Å². The van der Waals surface area contributed by atoms with Crippen molar-refractivity contribution in [3.05, 3.63) is 24.3 Å². The van der Waals surface area contributed by atoms with Crippen LogP contribution in [-0.4, -0.2) is 42.0 Å². The number of rotatable bonds is 7. The first kappa shape index (κ1) is 15.4. The topological polar surface area (TPSA) is 36.4 Å². The average Bonchev–Trinajstić information content (AvgIpc) is 3.30. The van der Waals surface area contributed by atoms with E-state index in [0.29, 0.717) is 0 Å². The predicted molar refractivity (Wildman–Crippen MR) is 92.5 cm³/mol. The fourth-order valence-corrected chi connectivity index (χ4v) is 3.60. The van der Waals surface area contributed by atoms with Crippen molar-refractivity contribution < 1.29 is 4.79 Å². The molecule has 1 saturated carbocycles. The molecule has 4 nitrogen and oxygen atoms in total. The maximum Gasteiger partial charge on any atom is 0.231 e. The number of para-hydroxylation sites is 1. The molecule has 0 spiro atoms. The van der Waals surface area contributed by atoms with Crippen molar-refractivity contribution in [1.82, 2.24) is 9.88 Å². The lowest BCUT2D eigenvalue weighted by Gasteiger charge is -2.24. The highest BCUT2D eigenvalue weighted by molar-refractivity contribution is 7.22. The largest absolute Gasteiger partial charge is 0.302 e. The summed E-state index contributed by atoms with van der Waals surface area (Å²) in [7, 11) is 0. The van der Waals surface area contributed by atoms with Crippen molar-refractivity contribution in [3.63, 3.8) is 0 Å². The van der Waals surface area contributed by atoms with Gasteiger partial charge in [-0.15, -0.1) is 0 Å². The highest BCUT2D eigenvalue weighted by Crippen LogP contribution is 2.35. The molecular weight excluding hydrogens is 294 g/mol. The molecule has 1 aliphatic rings. The molecule has 1 amide bonds. The second-order valence-corrected chi connectivity index (χ2v) is 6.76. The third kappa shape index (κ3) is 3.31. The summed E-state index contributed by atoms with van der Waals surface area (Å²) in [5.41, 5.74) is 0.985. The standard InChI is InChI=1S/C17H23N3OS/c1-3-19(4-2)11-12-20(16(21)13-9-10-13)17-18-14-7-5-6-8-15(14)22-17/h5-8,13H,3-4,9-12H2,1-2H3. The van der Waals surface area contributed by atoms with Crippen LogP contribution >= 0.6 is 11.3 Å². The van der Waals surface area contributed by atoms with Crippen LogP contribution in [0.1, 0.15) is 26.7 Å². The fraction of sp³-hybridized carbons (Fsp3) is 0.529. The summed E-state index contributed by atoms with van der Waals surface area (Å²) < 4.78 is 1.15. The SMILES string of the molecule is CCN(CC)CCN(C(=O)C1CC1)c1nc2ccccc2s1. The Bertz CT molecular complexity index is 613. The van der Waals surface area contributed by atoms with Crippen LogP contribution < -0.4 is 4.90 Å². The van der Waals surface area contributed by atoms with E-state index in [0.717, 1.165) is 54.4 Å². The Morgan fingerprint density at radius 2 is 1.95 bits per heavy atom. The number of anilines is 1. The number of carbonyl (C=O) groups is 1. The fourth-order valence-electron chi connectivity index (χ4n) is 2.61. The molecule has 0 aliphatic heterocycles. The van der Waals surface area contributed by atoms with E-state index >= 15 is 0 Å². The van der Waals surface area contributed by atoms with Gasteiger partial charge in [0.25, 0.3) is 0 Å². The van der Waals surface area contributed by atoms with Gasteiger partial charge in [-0.1, -0.05) is 37.3 Å². The Kier molecular flexibility index (Phi) is 4.74. The van der Waals surface area contributed by atoms with E-state index in [1.165, 1.54) is 0 Å². The summed E-state index contributed by atoms with van der Waals surface area (Å²) in [4.78, 5) is 21.6.